The van der Waals surface area contributed by atoms with Crippen molar-refractivity contribution < 1.29 is 23.1 Å². The van der Waals surface area contributed by atoms with Gasteiger partial charge in [-0.2, -0.15) is 4.31 Å². The molecule has 8 nitrogen and oxygen atoms in total. The lowest BCUT2D eigenvalue weighted by Crippen LogP contribution is -2.28. The van der Waals surface area contributed by atoms with Crippen LogP contribution in [0.4, 0.5) is 5.69 Å². The first-order valence-corrected chi connectivity index (χ1v) is 10.4. The normalized spacial score (nSPS) is 15.0. The van der Waals surface area contributed by atoms with Gasteiger partial charge in [-0.1, -0.05) is 0 Å². The van der Waals surface area contributed by atoms with Gasteiger partial charge in [0.05, 0.1) is 10.6 Å². The third kappa shape index (κ3) is 3.55. The Balaban J connectivity index is 1.92. The molecule has 0 spiro atoms. The number of carbonyl (C=O) groups is 2. The van der Waals surface area contributed by atoms with Crippen LogP contribution in [0.3, 0.4) is 0 Å². The number of aromatic amines is 1. The number of nitrogens with one attached hydrogen (secondary N) is 2. The zero-order chi connectivity index (χ0) is 20.6. The van der Waals surface area contributed by atoms with Crippen molar-refractivity contribution in [3.8, 4) is 5.75 Å². The largest absolute Gasteiger partial charge is 0.506 e. The first-order chi connectivity index (χ1) is 13.1. The summed E-state index contributed by atoms with van der Waals surface area (Å²) in [4.78, 5) is 27.3. The van der Waals surface area contributed by atoms with E-state index < -0.39 is 15.9 Å². The number of amides is 1. The number of phenols is 1. The van der Waals surface area contributed by atoms with E-state index in [0.717, 1.165) is 12.8 Å². The molecule has 3 N–H and O–H groups in total. The number of anilines is 1. The molecule has 9 heteroatoms. The Bertz CT molecular complexity index is 1050. The van der Waals surface area contributed by atoms with Crippen molar-refractivity contribution in [2.24, 2.45) is 0 Å². The number of carbonyl (C=O) groups excluding carboxylic acids is 2. The van der Waals surface area contributed by atoms with Gasteiger partial charge in [0.2, 0.25) is 10.0 Å². The van der Waals surface area contributed by atoms with Gasteiger partial charge in [0, 0.05) is 24.3 Å². The Morgan fingerprint density at radius 2 is 1.82 bits per heavy atom. The van der Waals surface area contributed by atoms with Crippen LogP contribution in [0.15, 0.2) is 23.1 Å². The number of H-pyrrole nitrogens is 1. The van der Waals surface area contributed by atoms with Gasteiger partial charge in [-0.25, -0.2) is 8.42 Å². The van der Waals surface area contributed by atoms with Gasteiger partial charge >= 0.3 is 0 Å². The lowest BCUT2D eigenvalue weighted by Gasteiger charge is -2.16. The van der Waals surface area contributed by atoms with Crippen molar-refractivity contribution in [3.05, 3.63) is 40.7 Å². The summed E-state index contributed by atoms with van der Waals surface area (Å²) in [5.74, 6) is -0.979. The minimum Gasteiger partial charge on any atom is -0.506 e. The number of phenolic OH excluding ortho intramolecular Hbond substituents is 1. The molecule has 0 radical (unpaired) electrons. The fourth-order valence-electron chi connectivity index (χ4n) is 3.54. The quantitative estimate of drug-likeness (QED) is 0.522. The molecule has 0 unspecified atom stereocenters. The van der Waals surface area contributed by atoms with Crippen LogP contribution < -0.4 is 5.32 Å². The van der Waals surface area contributed by atoms with Crippen molar-refractivity contribution in [3.63, 3.8) is 0 Å². The van der Waals surface area contributed by atoms with Crippen molar-refractivity contribution >= 4 is 27.4 Å². The Morgan fingerprint density at radius 1 is 1.18 bits per heavy atom. The summed E-state index contributed by atoms with van der Waals surface area (Å²) in [5, 5.41) is 12.6. The minimum atomic E-state index is -3.68. The van der Waals surface area contributed by atoms with Gasteiger partial charge in [0.1, 0.15) is 11.4 Å². The Labute approximate surface area is 163 Å². The molecule has 0 aliphatic carbocycles. The maximum Gasteiger partial charge on any atom is 0.272 e. The number of aromatic nitrogens is 1. The van der Waals surface area contributed by atoms with E-state index in [2.05, 4.69) is 10.3 Å². The molecule has 1 saturated heterocycles. The number of ketones is 1. The highest BCUT2D eigenvalue weighted by Crippen LogP contribution is 2.30. The third-order valence-electron chi connectivity index (χ3n) is 4.94. The molecule has 1 aromatic heterocycles. The number of sulfonamides is 1. The standard InChI is InChI=1S/C19H23N3O5S/c1-11-17(13(3)23)12(2)20-18(11)19(25)21-15-10-14(6-7-16(15)24)28(26,27)22-8-4-5-9-22/h6-7,10,20,24H,4-5,8-9H2,1-3H3,(H,21,25). The van der Waals surface area contributed by atoms with E-state index in [0.29, 0.717) is 29.9 Å². The smallest absolute Gasteiger partial charge is 0.272 e. The molecule has 3 rings (SSSR count). The van der Waals surface area contributed by atoms with Gasteiger partial charge < -0.3 is 15.4 Å². The summed E-state index contributed by atoms with van der Waals surface area (Å²) in [5.41, 5.74) is 1.70. The van der Waals surface area contributed by atoms with Crippen molar-refractivity contribution in [2.75, 3.05) is 18.4 Å². The predicted molar refractivity (Wildman–Crippen MR) is 104 cm³/mol. The van der Waals surface area contributed by atoms with E-state index in [-0.39, 0.29) is 27.8 Å². The number of aromatic hydroxyl groups is 1. The fraction of sp³-hybridized carbons (Fsp3) is 0.368. The van der Waals surface area contributed by atoms with Gasteiger partial charge in [-0.05, 0) is 57.4 Å². The second-order valence-electron chi connectivity index (χ2n) is 6.93. The van der Waals surface area contributed by atoms with Crippen LogP contribution in [-0.2, 0) is 10.0 Å². The number of nitrogens with zero attached hydrogens (tertiary/aromatic N) is 1. The van der Waals surface area contributed by atoms with Crippen LogP contribution in [0.2, 0.25) is 0 Å². The fourth-order valence-corrected chi connectivity index (χ4v) is 5.09. The maximum atomic E-state index is 12.7. The lowest BCUT2D eigenvalue weighted by molar-refractivity contribution is 0.101. The molecular formula is C19H23N3O5S. The Morgan fingerprint density at radius 3 is 2.39 bits per heavy atom. The van der Waals surface area contributed by atoms with Crippen molar-refractivity contribution in [1.82, 2.24) is 9.29 Å². The summed E-state index contributed by atoms with van der Waals surface area (Å²) in [6.45, 7) is 5.69. The molecular weight excluding hydrogens is 382 g/mol. The molecule has 150 valence electrons. The lowest BCUT2D eigenvalue weighted by atomic mass is 10.1. The minimum absolute atomic E-state index is 0.00585. The molecule has 0 bridgehead atoms. The van der Waals surface area contributed by atoms with Gasteiger partial charge in [-0.3, -0.25) is 9.59 Å². The van der Waals surface area contributed by atoms with E-state index in [1.807, 2.05) is 0 Å². The third-order valence-corrected chi connectivity index (χ3v) is 6.83. The topological polar surface area (TPSA) is 120 Å². The summed E-state index contributed by atoms with van der Waals surface area (Å²) in [6.07, 6.45) is 1.62. The average Bonchev–Trinajstić information content (AvgIpc) is 3.25. The summed E-state index contributed by atoms with van der Waals surface area (Å²) in [6, 6.07) is 3.81. The van der Waals surface area contributed by atoms with Crippen molar-refractivity contribution in [2.45, 2.75) is 38.5 Å². The summed E-state index contributed by atoms with van der Waals surface area (Å²) >= 11 is 0. The summed E-state index contributed by atoms with van der Waals surface area (Å²) in [7, 11) is -3.68. The maximum absolute atomic E-state index is 12.7. The first kappa shape index (κ1) is 20.1. The number of rotatable bonds is 5. The van der Waals surface area contributed by atoms with Crippen LogP contribution in [-0.4, -0.2) is 47.6 Å². The van der Waals surface area contributed by atoms with Gasteiger partial charge in [-0.15, -0.1) is 0 Å². The molecule has 0 atom stereocenters. The molecule has 1 aromatic carbocycles. The number of Topliss-reactive ketones (excluding diaryl/α,β-unsaturated/α-hetero) is 1. The molecule has 1 amide bonds. The average molecular weight is 405 g/mol. The van der Waals surface area contributed by atoms with Crippen LogP contribution >= 0.6 is 0 Å². The number of hydrogen-bond acceptors (Lipinski definition) is 5. The van der Waals surface area contributed by atoms with Crippen molar-refractivity contribution in [1.29, 1.82) is 0 Å². The Hall–Kier alpha value is -2.65. The molecule has 1 aliphatic rings. The Kier molecular flexibility index (Phi) is 5.31. The monoisotopic (exact) mass is 405 g/mol. The second-order valence-corrected chi connectivity index (χ2v) is 8.86. The second kappa shape index (κ2) is 7.40. The summed E-state index contributed by atoms with van der Waals surface area (Å²) < 4.78 is 26.8. The highest BCUT2D eigenvalue weighted by molar-refractivity contribution is 7.89. The van der Waals surface area contributed by atoms with Gasteiger partial charge in [0.25, 0.3) is 5.91 Å². The molecule has 2 heterocycles. The SMILES string of the molecule is CC(=O)c1c(C)[nH]c(C(=O)Nc2cc(S(=O)(=O)N3CCCC3)ccc2O)c1C. The highest BCUT2D eigenvalue weighted by atomic mass is 32.2. The molecule has 0 saturated carbocycles. The number of hydrogen-bond donors (Lipinski definition) is 3. The van der Waals surface area contributed by atoms with Crippen LogP contribution in [0.5, 0.6) is 5.75 Å². The van der Waals surface area contributed by atoms with Crippen LogP contribution in [0.25, 0.3) is 0 Å². The number of aryl methyl sites for hydroxylation is 1. The molecule has 28 heavy (non-hydrogen) atoms. The van der Waals surface area contributed by atoms with Crippen LogP contribution in [0.1, 0.15) is 51.9 Å². The molecule has 1 aliphatic heterocycles. The number of benzene rings is 1. The van der Waals surface area contributed by atoms with E-state index in [1.54, 1.807) is 13.8 Å². The zero-order valence-electron chi connectivity index (χ0n) is 16.0. The predicted octanol–water partition coefficient (Wildman–Crippen LogP) is 2.58. The van der Waals surface area contributed by atoms with E-state index >= 15 is 0 Å². The first-order valence-electron chi connectivity index (χ1n) is 8.97. The molecule has 2 aromatic rings. The van der Waals surface area contributed by atoms with E-state index in [1.165, 1.54) is 29.4 Å². The van der Waals surface area contributed by atoms with Crippen LogP contribution in [0, 0.1) is 13.8 Å². The zero-order valence-corrected chi connectivity index (χ0v) is 16.8. The van der Waals surface area contributed by atoms with Gasteiger partial charge in [0.15, 0.2) is 5.78 Å². The van der Waals surface area contributed by atoms with E-state index in [9.17, 15) is 23.1 Å². The highest BCUT2D eigenvalue weighted by Gasteiger charge is 2.28. The van der Waals surface area contributed by atoms with E-state index in [4.69, 9.17) is 0 Å². The molecule has 1 fully saturated rings.